The van der Waals surface area contributed by atoms with Gasteiger partial charge in [0.25, 0.3) is 11.8 Å². The number of carbonyl (C=O) groups is 3. The Kier molecular flexibility index (Phi) is 5.53. The molecule has 3 heterocycles. The number of nitrogens with zero attached hydrogens (tertiary/aromatic N) is 3. The molecule has 0 radical (unpaired) electrons. The van der Waals surface area contributed by atoms with Gasteiger partial charge in [-0.1, -0.05) is 0 Å². The van der Waals surface area contributed by atoms with Crippen LogP contribution in [0.1, 0.15) is 12.6 Å². The van der Waals surface area contributed by atoms with Crippen molar-refractivity contribution in [3.63, 3.8) is 0 Å². The molecular weight excluding hydrogens is 376 g/mol. The van der Waals surface area contributed by atoms with Crippen LogP contribution in [0.4, 0.5) is 5.82 Å². The van der Waals surface area contributed by atoms with Crippen LogP contribution in [0, 0.1) is 0 Å². The topological polar surface area (TPSA) is 174 Å². The van der Waals surface area contributed by atoms with Crippen LogP contribution in [0.2, 0.25) is 0 Å². The maximum absolute atomic E-state index is 11.9. The zero-order valence-electron chi connectivity index (χ0n) is 14.5. The molecular formula is C16H18N4O8. The number of nitrogen functional groups attached to an aromatic ring is 1. The van der Waals surface area contributed by atoms with Crippen molar-refractivity contribution in [3.05, 3.63) is 34.9 Å². The van der Waals surface area contributed by atoms with E-state index in [1.54, 1.807) is 0 Å². The molecule has 1 aromatic heterocycles. The third kappa shape index (κ3) is 3.93. The Morgan fingerprint density at radius 3 is 2.54 bits per heavy atom. The van der Waals surface area contributed by atoms with E-state index in [-0.39, 0.29) is 18.8 Å². The number of rotatable bonds is 6. The summed E-state index contributed by atoms with van der Waals surface area (Å²) in [5.74, 6) is -1.76. The number of amides is 2. The summed E-state index contributed by atoms with van der Waals surface area (Å²) in [6, 6.07) is 1.33. The fourth-order valence-electron chi connectivity index (χ4n) is 2.82. The maximum Gasteiger partial charge on any atom is 0.351 e. The SMILES string of the molecule is Nc1ccn([C@@H]2O[C@H](COC(=O)CCN3C(=O)C=CC3=O)C(O)[C@H]2O)c(=O)n1. The van der Waals surface area contributed by atoms with Crippen molar-refractivity contribution >= 4 is 23.6 Å². The summed E-state index contributed by atoms with van der Waals surface area (Å²) >= 11 is 0. The molecule has 150 valence electrons. The Morgan fingerprint density at radius 2 is 1.89 bits per heavy atom. The summed E-state index contributed by atoms with van der Waals surface area (Å²) in [5.41, 5.74) is 4.63. The van der Waals surface area contributed by atoms with E-state index in [0.29, 0.717) is 0 Å². The van der Waals surface area contributed by atoms with Gasteiger partial charge in [0.05, 0.1) is 6.42 Å². The summed E-state index contributed by atoms with van der Waals surface area (Å²) in [4.78, 5) is 50.9. The molecule has 4 N–H and O–H groups in total. The second-order valence-electron chi connectivity index (χ2n) is 6.18. The van der Waals surface area contributed by atoms with Crippen molar-refractivity contribution in [1.82, 2.24) is 14.5 Å². The minimum absolute atomic E-state index is 0.00932. The van der Waals surface area contributed by atoms with Crippen molar-refractivity contribution in [1.29, 1.82) is 0 Å². The minimum atomic E-state index is -1.46. The van der Waals surface area contributed by atoms with E-state index in [4.69, 9.17) is 15.2 Å². The number of carbonyl (C=O) groups excluding carboxylic acids is 3. The zero-order chi connectivity index (χ0) is 20.4. The van der Waals surface area contributed by atoms with E-state index >= 15 is 0 Å². The molecule has 2 aliphatic heterocycles. The average molecular weight is 394 g/mol. The van der Waals surface area contributed by atoms with Crippen molar-refractivity contribution < 1.29 is 34.1 Å². The number of esters is 1. The Hall–Kier alpha value is -3.09. The molecule has 12 heteroatoms. The highest BCUT2D eigenvalue weighted by molar-refractivity contribution is 6.12. The highest BCUT2D eigenvalue weighted by Gasteiger charge is 2.44. The molecule has 0 bridgehead atoms. The summed E-state index contributed by atoms with van der Waals surface area (Å²) in [6.45, 7) is -0.541. The van der Waals surface area contributed by atoms with Crippen LogP contribution in [-0.4, -0.2) is 73.9 Å². The van der Waals surface area contributed by atoms with Gasteiger partial charge in [-0.25, -0.2) is 4.79 Å². The lowest BCUT2D eigenvalue weighted by molar-refractivity contribution is -0.151. The van der Waals surface area contributed by atoms with E-state index in [1.807, 2.05) is 0 Å². The van der Waals surface area contributed by atoms with Gasteiger partial charge in [0.1, 0.15) is 30.7 Å². The predicted molar refractivity (Wildman–Crippen MR) is 90.3 cm³/mol. The molecule has 0 aromatic carbocycles. The predicted octanol–water partition coefficient (Wildman–Crippen LogP) is -2.70. The molecule has 28 heavy (non-hydrogen) atoms. The number of hydrogen-bond donors (Lipinski definition) is 3. The smallest absolute Gasteiger partial charge is 0.351 e. The molecule has 2 amide bonds. The Morgan fingerprint density at radius 1 is 1.21 bits per heavy atom. The fraction of sp³-hybridized carbons (Fsp3) is 0.438. The van der Waals surface area contributed by atoms with Gasteiger partial charge in [-0.3, -0.25) is 23.9 Å². The number of nitrogens with two attached hydrogens (primary N) is 1. The Balaban J connectivity index is 1.53. The molecule has 4 atom stereocenters. The molecule has 12 nitrogen and oxygen atoms in total. The summed E-state index contributed by atoms with van der Waals surface area (Å²) in [5, 5.41) is 20.2. The van der Waals surface area contributed by atoms with Crippen molar-refractivity contribution in [2.75, 3.05) is 18.9 Å². The van der Waals surface area contributed by atoms with E-state index < -0.39 is 54.6 Å². The van der Waals surface area contributed by atoms with Gasteiger partial charge in [-0.05, 0) is 6.07 Å². The summed E-state index contributed by atoms with van der Waals surface area (Å²) in [7, 11) is 0. The Bertz CT molecular complexity index is 864. The zero-order valence-corrected chi connectivity index (χ0v) is 14.5. The highest BCUT2D eigenvalue weighted by atomic mass is 16.6. The van der Waals surface area contributed by atoms with E-state index in [2.05, 4.69) is 4.98 Å². The van der Waals surface area contributed by atoms with Gasteiger partial charge in [-0.2, -0.15) is 4.98 Å². The van der Waals surface area contributed by atoms with Gasteiger partial charge < -0.3 is 25.4 Å². The lowest BCUT2D eigenvalue weighted by Gasteiger charge is -2.17. The van der Waals surface area contributed by atoms with E-state index in [1.165, 1.54) is 12.3 Å². The average Bonchev–Trinajstić information content (AvgIpc) is 3.11. The summed E-state index contributed by atoms with van der Waals surface area (Å²) < 4.78 is 11.4. The number of hydrogen-bond acceptors (Lipinski definition) is 10. The molecule has 0 aliphatic carbocycles. The molecule has 2 aliphatic rings. The second-order valence-corrected chi connectivity index (χ2v) is 6.18. The van der Waals surface area contributed by atoms with E-state index in [0.717, 1.165) is 21.6 Å². The third-order valence-electron chi connectivity index (χ3n) is 4.31. The normalized spacial score (nSPS) is 26.9. The molecule has 3 rings (SSSR count). The first kappa shape index (κ1) is 19.7. The van der Waals surface area contributed by atoms with Gasteiger partial charge >= 0.3 is 11.7 Å². The van der Waals surface area contributed by atoms with Crippen LogP contribution in [0.25, 0.3) is 0 Å². The molecule has 0 saturated carbocycles. The van der Waals surface area contributed by atoms with Gasteiger partial charge in [0, 0.05) is 24.9 Å². The standard InChI is InChI=1S/C16H18N4O8/c17-9-3-5-20(16(26)18-9)15-14(25)13(24)8(28-15)7-27-12(23)4-6-19-10(21)1-2-11(19)22/h1-3,5,8,13-15,24-25H,4,6-7H2,(H2,17,18,26)/t8-,13?,14-,15-/m1/s1. The van der Waals surface area contributed by atoms with Crippen LogP contribution in [-0.2, 0) is 23.9 Å². The highest BCUT2D eigenvalue weighted by Crippen LogP contribution is 2.28. The van der Waals surface area contributed by atoms with Crippen molar-refractivity contribution in [2.45, 2.75) is 31.0 Å². The molecule has 1 fully saturated rings. The van der Waals surface area contributed by atoms with Gasteiger partial charge in [-0.15, -0.1) is 0 Å². The lowest BCUT2D eigenvalue weighted by atomic mass is 10.1. The monoisotopic (exact) mass is 394 g/mol. The van der Waals surface area contributed by atoms with Gasteiger partial charge in [0.15, 0.2) is 6.23 Å². The third-order valence-corrected chi connectivity index (χ3v) is 4.31. The molecule has 1 unspecified atom stereocenters. The minimum Gasteiger partial charge on any atom is -0.463 e. The van der Waals surface area contributed by atoms with Crippen LogP contribution in [0.3, 0.4) is 0 Å². The fourth-order valence-corrected chi connectivity index (χ4v) is 2.82. The first-order valence-corrected chi connectivity index (χ1v) is 8.33. The first-order valence-electron chi connectivity index (χ1n) is 8.33. The largest absolute Gasteiger partial charge is 0.463 e. The first-order chi connectivity index (χ1) is 13.3. The molecule has 1 aromatic rings. The summed E-state index contributed by atoms with van der Waals surface area (Å²) in [6.07, 6.45) is -1.98. The molecule has 0 spiro atoms. The van der Waals surface area contributed by atoms with Gasteiger partial charge in [0.2, 0.25) is 0 Å². The van der Waals surface area contributed by atoms with Crippen LogP contribution < -0.4 is 11.4 Å². The Labute approximate surface area is 157 Å². The number of imide groups is 1. The second kappa shape index (κ2) is 7.88. The van der Waals surface area contributed by atoms with Crippen LogP contribution in [0.15, 0.2) is 29.2 Å². The van der Waals surface area contributed by atoms with Crippen molar-refractivity contribution in [3.8, 4) is 0 Å². The number of aliphatic hydroxyl groups is 2. The number of ether oxygens (including phenoxy) is 2. The molecule has 1 saturated heterocycles. The maximum atomic E-state index is 11.9. The lowest BCUT2D eigenvalue weighted by Crippen LogP contribution is -2.36. The number of aliphatic hydroxyl groups excluding tert-OH is 2. The number of anilines is 1. The van der Waals surface area contributed by atoms with Crippen LogP contribution in [0.5, 0.6) is 0 Å². The number of aromatic nitrogens is 2. The van der Waals surface area contributed by atoms with Crippen molar-refractivity contribution in [2.24, 2.45) is 0 Å². The quantitative estimate of drug-likeness (QED) is 0.340. The van der Waals surface area contributed by atoms with Crippen LogP contribution >= 0.6 is 0 Å². The van der Waals surface area contributed by atoms with E-state index in [9.17, 15) is 29.4 Å².